The van der Waals surface area contributed by atoms with Crippen LogP contribution in [0.25, 0.3) is 0 Å². The summed E-state index contributed by atoms with van der Waals surface area (Å²) in [5.74, 6) is -1.15. The van der Waals surface area contributed by atoms with Gasteiger partial charge in [-0.25, -0.2) is 22.0 Å². The topological polar surface area (TPSA) is 152 Å². The molecule has 0 bridgehead atoms. The van der Waals surface area contributed by atoms with E-state index in [1.165, 1.54) is 48.2 Å². The molecule has 2 amide bonds. The van der Waals surface area contributed by atoms with Crippen molar-refractivity contribution in [1.82, 2.24) is 0 Å². The smallest absolute Gasteiger partial charge is 0.238 e. The first-order valence-corrected chi connectivity index (χ1v) is 13.3. The van der Waals surface area contributed by atoms with Crippen molar-refractivity contribution >= 4 is 54.8 Å². The third-order valence-corrected chi connectivity index (χ3v) is 8.27. The fourth-order valence-corrected chi connectivity index (χ4v) is 5.75. The number of carbonyl (C=O) groups excluding carboxylic acids is 2. The molecule has 2 aromatic carbocycles. The normalized spacial score (nSPS) is 16.7. The molecule has 31 heavy (non-hydrogen) atoms. The molecule has 0 saturated carbocycles. The maximum absolute atomic E-state index is 12.7. The molecule has 1 aliphatic heterocycles. The van der Waals surface area contributed by atoms with E-state index in [0.29, 0.717) is 17.8 Å². The second-order valence-electron chi connectivity index (χ2n) is 7.03. The standard InChI is InChI=1S/C19H21N3O6S3/c1-12-10-19(24)22-16-11-15(6-7-17(16)29-12)30(25,26)9-8-18(23)21-13-2-4-14(5-3-13)31(20,27)28/h2-7,11-12H,8-10H2,1H3,(H,21,23)(H,22,24)(H2,20,27,28). The Balaban J connectivity index is 1.66. The number of carbonyl (C=O) groups is 2. The van der Waals surface area contributed by atoms with Crippen LogP contribution >= 0.6 is 11.8 Å². The largest absolute Gasteiger partial charge is 0.326 e. The van der Waals surface area contributed by atoms with Gasteiger partial charge in [0.05, 0.1) is 21.2 Å². The van der Waals surface area contributed by atoms with Crippen LogP contribution in [0.1, 0.15) is 19.8 Å². The highest BCUT2D eigenvalue weighted by Gasteiger charge is 2.23. The summed E-state index contributed by atoms with van der Waals surface area (Å²) in [5, 5.41) is 10.3. The van der Waals surface area contributed by atoms with Crippen LogP contribution in [-0.2, 0) is 29.4 Å². The molecule has 1 unspecified atom stereocenters. The number of rotatable bonds is 6. The van der Waals surface area contributed by atoms with Gasteiger partial charge in [-0.15, -0.1) is 11.8 Å². The van der Waals surface area contributed by atoms with Crippen molar-refractivity contribution in [1.29, 1.82) is 0 Å². The number of primary sulfonamides is 1. The molecule has 0 fully saturated rings. The first-order valence-electron chi connectivity index (χ1n) is 9.20. The van der Waals surface area contributed by atoms with Gasteiger partial charge in [0.1, 0.15) is 0 Å². The zero-order valence-electron chi connectivity index (χ0n) is 16.5. The molecule has 9 nitrogen and oxygen atoms in total. The first kappa shape index (κ1) is 23.3. The number of anilines is 2. The van der Waals surface area contributed by atoms with Crippen LogP contribution in [0.2, 0.25) is 0 Å². The summed E-state index contributed by atoms with van der Waals surface area (Å²) in [7, 11) is -7.61. The lowest BCUT2D eigenvalue weighted by Crippen LogP contribution is -2.18. The van der Waals surface area contributed by atoms with Crippen molar-refractivity contribution in [3.8, 4) is 0 Å². The van der Waals surface area contributed by atoms with Gasteiger partial charge < -0.3 is 10.6 Å². The van der Waals surface area contributed by atoms with Crippen LogP contribution in [0.5, 0.6) is 0 Å². The van der Waals surface area contributed by atoms with Crippen LogP contribution < -0.4 is 15.8 Å². The summed E-state index contributed by atoms with van der Waals surface area (Å²) in [5.41, 5.74) is 0.758. The van der Waals surface area contributed by atoms with E-state index in [1.54, 1.807) is 6.07 Å². The molecule has 1 atom stereocenters. The minimum atomic E-state index is -3.84. The Labute approximate surface area is 184 Å². The quantitative estimate of drug-likeness (QED) is 0.568. The molecule has 166 valence electrons. The molecule has 0 aromatic heterocycles. The molecule has 1 heterocycles. The Hall–Kier alpha value is -2.41. The van der Waals surface area contributed by atoms with Crippen LogP contribution in [0.4, 0.5) is 11.4 Å². The Morgan fingerprint density at radius 3 is 2.42 bits per heavy atom. The number of fused-ring (bicyclic) bond motifs is 1. The van der Waals surface area contributed by atoms with E-state index in [4.69, 9.17) is 5.14 Å². The monoisotopic (exact) mass is 483 g/mol. The summed E-state index contributed by atoms with van der Waals surface area (Å²) in [6, 6.07) is 9.74. The number of thioether (sulfide) groups is 1. The molecule has 0 radical (unpaired) electrons. The third kappa shape index (κ3) is 6.06. The zero-order valence-corrected chi connectivity index (χ0v) is 18.9. The molecule has 12 heteroatoms. The van der Waals surface area contributed by atoms with Crippen molar-refractivity contribution in [3.05, 3.63) is 42.5 Å². The van der Waals surface area contributed by atoms with Gasteiger partial charge in [0, 0.05) is 28.7 Å². The van der Waals surface area contributed by atoms with Crippen LogP contribution in [0, 0.1) is 0 Å². The average Bonchev–Trinajstić information content (AvgIpc) is 2.81. The minimum absolute atomic E-state index is 0.0204. The van der Waals surface area contributed by atoms with Gasteiger partial charge >= 0.3 is 0 Å². The number of sulfone groups is 1. The molecule has 2 aromatic rings. The van der Waals surface area contributed by atoms with E-state index in [-0.39, 0.29) is 27.4 Å². The molecule has 0 saturated heterocycles. The number of amides is 2. The van der Waals surface area contributed by atoms with Crippen LogP contribution in [0.15, 0.2) is 57.2 Å². The summed E-state index contributed by atoms with van der Waals surface area (Å²) < 4.78 is 47.9. The maximum Gasteiger partial charge on any atom is 0.238 e. The molecule has 0 aliphatic carbocycles. The lowest BCUT2D eigenvalue weighted by atomic mass is 10.3. The molecule has 4 N–H and O–H groups in total. The summed E-state index contributed by atoms with van der Waals surface area (Å²) in [4.78, 5) is 24.8. The number of benzene rings is 2. The van der Waals surface area contributed by atoms with E-state index in [9.17, 15) is 26.4 Å². The Kier molecular flexibility index (Phi) is 6.74. The Bertz CT molecular complexity index is 1230. The highest BCUT2D eigenvalue weighted by molar-refractivity contribution is 8.00. The zero-order chi connectivity index (χ0) is 22.8. The minimum Gasteiger partial charge on any atom is -0.326 e. The number of hydrogen-bond acceptors (Lipinski definition) is 7. The van der Waals surface area contributed by atoms with Gasteiger partial charge in [-0.1, -0.05) is 6.92 Å². The fourth-order valence-electron chi connectivity index (χ4n) is 2.92. The predicted molar refractivity (Wildman–Crippen MR) is 118 cm³/mol. The SMILES string of the molecule is CC1CC(=O)Nc2cc(S(=O)(=O)CCC(=O)Nc3ccc(S(N)(=O)=O)cc3)ccc2S1. The second kappa shape index (κ2) is 8.99. The first-order chi connectivity index (χ1) is 14.4. The summed E-state index contributed by atoms with van der Waals surface area (Å²) >= 11 is 1.49. The van der Waals surface area contributed by atoms with Gasteiger partial charge in [-0.3, -0.25) is 9.59 Å². The second-order valence-corrected chi connectivity index (χ2v) is 12.2. The van der Waals surface area contributed by atoms with Crippen LogP contribution in [-0.4, -0.2) is 39.7 Å². The summed E-state index contributed by atoms with van der Waals surface area (Å²) in [6.07, 6.45) is 0.0360. The Morgan fingerprint density at radius 1 is 1.13 bits per heavy atom. The number of nitrogens with one attached hydrogen (secondary N) is 2. The predicted octanol–water partition coefficient (Wildman–Crippen LogP) is 1.96. The molecule has 3 rings (SSSR count). The Morgan fingerprint density at radius 2 is 1.77 bits per heavy atom. The van der Waals surface area contributed by atoms with Crippen molar-refractivity contribution in [2.45, 2.75) is 39.7 Å². The van der Waals surface area contributed by atoms with E-state index < -0.39 is 31.5 Å². The van der Waals surface area contributed by atoms with Gasteiger partial charge in [0.25, 0.3) is 0 Å². The molecule has 0 spiro atoms. The third-order valence-electron chi connectivity index (χ3n) is 4.45. The van der Waals surface area contributed by atoms with Gasteiger partial charge in [-0.05, 0) is 42.5 Å². The van der Waals surface area contributed by atoms with E-state index in [2.05, 4.69) is 10.6 Å². The van der Waals surface area contributed by atoms with Crippen molar-refractivity contribution in [2.24, 2.45) is 5.14 Å². The fraction of sp³-hybridized carbons (Fsp3) is 0.263. The molecule has 1 aliphatic rings. The number of hydrogen-bond donors (Lipinski definition) is 3. The lowest BCUT2D eigenvalue weighted by molar-refractivity contribution is -0.116. The van der Waals surface area contributed by atoms with Crippen molar-refractivity contribution in [3.63, 3.8) is 0 Å². The number of sulfonamides is 1. The molecular weight excluding hydrogens is 462 g/mol. The molecular formula is C19H21N3O6S3. The number of nitrogens with two attached hydrogens (primary N) is 1. The lowest BCUT2D eigenvalue weighted by Gasteiger charge is -2.11. The van der Waals surface area contributed by atoms with Gasteiger partial charge in [0.2, 0.25) is 21.8 Å². The van der Waals surface area contributed by atoms with Gasteiger partial charge in [-0.2, -0.15) is 0 Å². The van der Waals surface area contributed by atoms with Crippen LogP contribution in [0.3, 0.4) is 0 Å². The van der Waals surface area contributed by atoms with Crippen molar-refractivity contribution < 1.29 is 26.4 Å². The van der Waals surface area contributed by atoms with Crippen molar-refractivity contribution in [2.75, 3.05) is 16.4 Å². The average molecular weight is 484 g/mol. The highest BCUT2D eigenvalue weighted by Crippen LogP contribution is 2.36. The maximum atomic E-state index is 12.7. The highest BCUT2D eigenvalue weighted by atomic mass is 32.2. The van der Waals surface area contributed by atoms with E-state index >= 15 is 0 Å². The van der Waals surface area contributed by atoms with E-state index in [1.807, 2.05) is 6.92 Å². The van der Waals surface area contributed by atoms with E-state index in [0.717, 1.165) is 4.90 Å². The van der Waals surface area contributed by atoms with Gasteiger partial charge in [0.15, 0.2) is 9.84 Å². The summed E-state index contributed by atoms with van der Waals surface area (Å²) in [6.45, 7) is 1.92.